The molecule has 0 bridgehead atoms. The third kappa shape index (κ3) is 4.48. The van der Waals surface area contributed by atoms with Gasteiger partial charge < -0.3 is 20.3 Å². The molecule has 112 valence electrons. The molecule has 2 aromatic rings. The minimum atomic E-state index is -0.753. The zero-order chi connectivity index (χ0) is 15.2. The van der Waals surface area contributed by atoms with Gasteiger partial charge in [0, 0.05) is 12.2 Å². The summed E-state index contributed by atoms with van der Waals surface area (Å²) in [6.45, 7) is 4.19. The molecule has 2 rings (SSSR count). The van der Waals surface area contributed by atoms with E-state index < -0.39 is 6.10 Å². The van der Waals surface area contributed by atoms with E-state index in [1.165, 1.54) is 11.1 Å². The number of aryl methyl sites for hydroxylation is 2. The van der Waals surface area contributed by atoms with Gasteiger partial charge in [-0.1, -0.05) is 6.07 Å². The zero-order valence-corrected chi connectivity index (χ0v) is 12.3. The molecule has 0 aliphatic rings. The van der Waals surface area contributed by atoms with Crippen LogP contribution in [-0.2, 0) is 0 Å². The van der Waals surface area contributed by atoms with Gasteiger partial charge in [0.1, 0.15) is 11.5 Å². The summed E-state index contributed by atoms with van der Waals surface area (Å²) in [4.78, 5) is 0. The molecule has 0 amide bonds. The summed E-state index contributed by atoms with van der Waals surface area (Å²) < 4.78 is 5.80. The van der Waals surface area contributed by atoms with Crippen LogP contribution in [0.2, 0.25) is 0 Å². The smallest absolute Gasteiger partial charge is 0.127 e. The molecule has 0 radical (unpaired) electrons. The fourth-order valence-electron chi connectivity index (χ4n) is 1.85. The monoisotopic (exact) mass is 287 g/mol. The van der Waals surface area contributed by atoms with E-state index in [0.29, 0.717) is 6.54 Å². The van der Waals surface area contributed by atoms with Gasteiger partial charge in [0.25, 0.3) is 0 Å². The topological polar surface area (TPSA) is 61.7 Å². The first-order chi connectivity index (χ1) is 10.1. The van der Waals surface area contributed by atoms with Crippen molar-refractivity contribution in [2.24, 2.45) is 0 Å². The quantitative estimate of drug-likeness (QED) is 0.764. The highest BCUT2D eigenvalue weighted by atomic mass is 16.5. The lowest BCUT2D eigenvalue weighted by Crippen LogP contribution is -2.22. The number of nitrogens with one attached hydrogen (secondary N) is 1. The Hall–Kier alpha value is -2.04. The summed E-state index contributed by atoms with van der Waals surface area (Å²) in [5.74, 6) is 1.57. The van der Waals surface area contributed by atoms with E-state index in [2.05, 4.69) is 19.2 Å². The highest BCUT2D eigenvalue weighted by Crippen LogP contribution is 2.24. The van der Waals surface area contributed by atoms with Crippen LogP contribution in [0.1, 0.15) is 11.1 Å². The molecule has 4 nitrogen and oxygen atoms in total. The van der Waals surface area contributed by atoms with E-state index in [1.807, 2.05) is 42.5 Å². The van der Waals surface area contributed by atoms with Gasteiger partial charge in [0.15, 0.2) is 0 Å². The molecule has 0 aliphatic carbocycles. The minimum Gasteiger partial charge on any atom is -0.457 e. The van der Waals surface area contributed by atoms with Crippen molar-refractivity contribution in [3.63, 3.8) is 0 Å². The number of anilines is 1. The van der Waals surface area contributed by atoms with Gasteiger partial charge in [-0.2, -0.15) is 0 Å². The normalized spacial score (nSPS) is 12.0. The number of rotatable bonds is 6. The highest BCUT2D eigenvalue weighted by Gasteiger charge is 2.02. The molecule has 2 aromatic carbocycles. The first kappa shape index (κ1) is 15.4. The maximum Gasteiger partial charge on any atom is 0.127 e. The molecule has 0 fully saturated rings. The summed E-state index contributed by atoms with van der Waals surface area (Å²) in [7, 11) is 0. The second-order valence-electron chi connectivity index (χ2n) is 5.09. The van der Waals surface area contributed by atoms with E-state index in [4.69, 9.17) is 9.84 Å². The second-order valence-corrected chi connectivity index (χ2v) is 5.09. The number of aliphatic hydroxyl groups is 2. The lowest BCUT2D eigenvalue weighted by Gasteiger charge is -2.11. The van der Waals surface area contributed by atoms with E-state index in [0.717, 1.165) is 17.2 Å². The van der Waals surface area contributed by atoms with Crippen molar-refractivity contribution in [2.45, 2.75) is 20.0 Å². The fourth-order valence-corrected chi connectivity index (χ4v) is 1.85. The Labute approximate surface area is 125 Å². The average molecular weight is 287 g/mol. The van der Waals surface area contributed by atoms with Crippen LogP contribution in [0.5, 0.6) is 11.5 Å². The predicted molar refractivity (Wildman–Crippen MR) is 84.0 cm³/mol. The third-order valence-electron chi connectivity index (χ3n) is 3.32. The molecule has 3 N–H and O–H groups in total. The summed E-state index contributed by atoms with van der Waals surface area (Å²) in [5.41, 5.74) is 3.31. The molecule has 0 heterocycles. The molecule has 1 atom stereocenters. The van der Waals surface area contributed by atoms with E-state index in [1.54, 1.807) is 0 Å². The molecule has 0 spiro atoms. The van der Waals surface area contributed by atoms with Gasteiger partial charge >= 0.3 is 0 Å². The molecule has 0 saturated carbocycles. The van der Waals surface area contributed by atoms with Crippen LogP contribution in [-0.4, -0.2) is 29.5 Å². The maximum absolute atomic E-state index is 9.28. The van der Waals surface area contributed by atoms with Gasteiger partial charge in [0.05, 0.1) is 12.7 Å². The Bertz CT molecular complexity index is 581. The van der Waals surface area contributed by atoms with Crippen molar-refractivity contribution in [1.82, 2.24) is 0 Å². The predicted octanol–water partition coefficient (Wildman–Crippen LogP) is 2.86. The van der Waals surface area contributed by atoms with E-state index in [-0.39, 0.29) is 6.61 Å². The van der Waals surface area contributed by atoms with Crippen molar-refractivity contribution >= 4 is 5.69 Å². The third-order valence-corrected chi connectivity index (χ3v) is 3.32. The number of aliphatic hydroxyl groups excluding tert-OH is 2. The fraction of sp³-hybridized carbons (Fsp3) is 0.294. The van der Waals surface area contributed by atoms with E-state index in [9.17, 15) is 5.11 Å². The van der Waals surface area contributed by atoms with Gasteiger partial charge in [-0.3, -0.25) is 0 Å². The van der Waals surface area contributed by atoms with Crippen LogP contribution < -0.4 is 10.1 Å². The first-order valence-electron chi connectivity index (χ1n) is 6.96. The molecule has 21 heavy (non-hydrogen) atoms. The molecule has 4 heteroatoms. The Kier molecular flexibility index (Phi) is 5.20. The number of ether oxygens (including phenoxy) is 1. The van der Waals surface area contributed by atoms with Crippen LogP contribution in [0.25, 0.3) is 0 Å². The summed E-state index contributed by atoms with van der Waals surface area (Å²) in [5, 5.41) is 21.1. The van der Waals surface area contributed by atoms with Crippen LogP contribution in [0.3, 0.4) is 0 Å². The molecule has 0 aromatic heterocycles. The highest BCUT2D eigenvalue weighted by molar-refractivity contribution is 5.47. The van der Waals surface area contributed by atoms with Crippen LogP contribution >= 0.6 is 0 Å². The Morgan fingerprint density at radius 3 is 2.29 bits per heavy atom. The Morgan fingerprint density at radius 1 is 1.00 bits per heavy atom. The second kappa shape index (κ2) is 7.11. The molecular formula is C17H21NO3. The van der Waals surface area contributed by atoms with Gasteiger partial charge in [-0.15, -0.1) is 0 Å². The molecule has 1 unspecified atom stereocenters. The minimum absolute atomic E-state index is 0.249. The Balaban J connectivity index is 1.97. The van der Waals surface area contributed by atoms with Crippen molar-refractivity contribution < 1.29 is 14.9 Å². The summed E-state index contributed by atoms with van der Waals surface area (Å²) in [6, 6.07) is 13.5. The summed E-state index contributed by atoms with van der Waals surface area (Å²) >= 11 is 0. The number of benzene rings is 2. The SMILES string of the molecule is Cc1ccc(Oc2ccc(NCC(O)CO)cc2)cc1C. The standard InChI is InChI=1S/C17H21NO3/c1-12-3-6-17(9-13(12)2)21-16-7-4-14(5-8-16)18-10-15(20)11-19/h3-9,15,18-20H,10-11H2,1-2H3. The zero-order valence-electron chi connectivity index (χ0n) is 12.3. The van der Waals surface area contributed by atoms with Crippen molar-refractivity contribution in [1.29, 1.82) is 0 Å². The van der Waals surface area contributed by atoms with Crippen LogP contribution in [0.4, 0.5) is 5.69 Å². The van der Waals surface area contributed by atoms with Crippen molar-refractivity contribution in [3.8, 4) is 11.5 Å². The van der Waals surface area contributed by atoms with Crippen LogP contribution in [0.15, 0.2) is 42.5 Å². The van der Waals surface area contributed by atoms with Gasteiger partial charge in [-0.25, -0.2) is 0 Å². The lowest BCUT2D eigenvalue weighted by molar-refractivity contribution is 0.105. The maximum atomic E-state index is 9.28. The van der Waals surface area contributed by atoms with Crippen molar-refractivity contribution in [3.05, 3.63) is 53.6 Å². The van der Waals surface area contributed by atoms with Crippen molar-refractivity contribution in [2.75, 3.05) is 18.5 Å². The van der Waals surface area contributed by atoms with Crippen LogP contribution in [0, 0.1) is 13.8 Å². The largest absolute Gasteiger partial charge is 0.457 e. The number of hydrogen-bond acceptors (Lipinski definition) is 4. The average Bonchev–Trinajstić information content (AvgIpc) is 2.50. The summed E-state index contributed by atoms with van der Waals surface area (Å²) in [6.07, 6.45) is -0.753. The molecule has 0 aliphatic heterocycles. The first-order valence-corrected chi connectivity index (χ1v) is 6.96. The molecule has 0 saturated heterocycles. The number of hydrogen-bond donors (Lipinski definition) is 3. The Morgan fingerprint density at radius 2 is 1.67 bits per heavy atom. The molecular weight excluding hydrogens is 266 g/mol. The lowest BCUT2D eigenvalue weighted by atomic mass is 10.1. The van der Waals surface area contributed by atoms with Gasteiger partial charge in [-0.05, 0) is 61.4 Å². The van der Waals surface area contributed by atoms with E-state index >= 15 is 0 Å². The van der Waals surface area contributed by atoms with Gasteiger partial charge in [0.2, 0.25) is 0 Å².